The van der Waals surface area contributed by atoms with Crippen LogP contribution in [-0.4, -0.2) is 28.8 Å². The molecule has 4 rings (SSSR count). The van der Waals surface area contributed by atoms with Crippen LogP contribution < -0.4 is 16.0 Å². The van der Waals surface area contributed by atoms with E-state index in [1.54, 1.807) is 24.5 Å². The largest absolute Gasteiger partial charge is 0.355 e. The summed E-state index contributed by atoms with van der Waals surface area (Å²) in [5.41, 5.74) is 2.58. The predicted molar refractivity (Wildman–Crippen MR) is 125 cm³/mol. The molecule has 156 valence electrons. The van der Waals surface area contributed by atoms with E-state index in [0.717, 1.165) is 21.3 Å². The summed E-state index contributed by atoms with van der Waals surface area (Å²) in [6.07, 6.45) is 4.67. The zero-order valence-electron chi connectivity index (χ0n) is 16.7. The molecule has 0 atom stereocenters. The van der Waals surface area contributed by atoms with Crippen LogP contribution in [-0.2, 0) is 0 Å². The topological polar surface area (TPSA) is 96.0 Å². The van der Waals surface area contributed by atoms with E-state index in [2.05, 4.69) is 25.9 Å². The quantitative estimate of drug-likeness (QED) is 0.396. The lowest BCUT2D eigenvalue weighted by molar-refractivity contribution is 0.0961. The molecule has 0 radical (unpaired) electrons. The van der Waals surface area contributed by atoms with Crippen molar-refractivity contribution >= 4 is 62.0 Å². The number of benzene rings is 1. The number of para-hydroxylation sites is 1. The minimum atomic E-state index is -0.332. The van der Waals surface area contributed by atoms with Crippen LogP contribution in [0.25, 0.3) is 10.1 Å². The fourth-order valence-corrected chi connectivity index (χ4v) is 4.21. The number of fused-ring (bicyclic) bond motifs is 1. The van der Waals surface area contributed by atoms with Gasteiger partial charge >= 0.3 is 0 Å². The molecule has 7 nitrogen and oxygen atoms in total. The molecule has 0 fully saturated rings. The third-order valence-electron chi connectivity index (χ3n) is 4.64. The average Bonchev–Trinajstić information content (AvgIpc) is 3.22. The molecule has 0 bridgehead atoms. The first-order valence-corrected chi connectivity index (χ1v) is 10.5. The van der Waals surface area contributed by atoms with Crippen LogP contribution in [0.1, 0.15) is 25.6 Å². The van der Waals surface area contributed by atoms with Crippen molar-refractivity contribution in [1.29, 1.82) is 0 Å². The highest BCUT2D eigenvalue weighted by Crippen LogP contribution is 2.32. The summed E-state index contributed by atoms with van der Waals surface area (Å²) in [5, 5.41) is 9.92. The van der Waals surface area contributed by atoms with Gasteiger partial charge in [-0.3, -0.25) is 14.6 Å². The van der Waals surface area contributed by atoms with Crippen LogP contribution in [0, 0.1) is 6.92 Å². The molecule has 1 aromatic carbocycles. The molecular weight excluding hydrogens is 434 g/mol. The van der Waals surface area contributed by atoms with E-state index in [1.165, 1.54) is 24.6 Å². The molecular formula is C22H18ClN5O2S. The number of carbonyl (C=O) groups is 2. The molecule has 0 saturated carbocycles. The van der Waals surface area contributed by atoms with Gasteiger partial charge in [-0.1, -0.05) is 29.8 Å². The monoisotopic (exact) mass is 451 g/mol. The fourth-order valence-electron chi connectivity index (χ4n) is 2.99. The Balaban J connectivity index is 1.70. The summed E-state index contributed by atoms with van der Waals surface area (Å²) in [5.74, 6) is -0.206. The molecule has 3 N–H and O–H groups in total. The van der Waals surface area contributed by atoms with Crippen LogP contribution >= 0.6 is 22.9 Å². The standard InChI is InChI=1S/C22H18ClN5O2S/c1-12-5-3-4-6-16(12)27-20-17(7-13(9-26-20)21(29)24-2)28-22(30)18-8-14-15(23)10-25-11-19(14)31-18/h3-11H,1-2H3,(H,24,29)(H,26,27)(H,28,30). The number of pyridine rings is 2. The van der Waals surface area contributed by atoms with E-state index < -0.39 is 0 Å². The van der Waals surface area contributed by atoms with Gasteiger partial charge in [0.15, 0.2) is 5.82 Å². The number of aryl methyl sites for hydroxylation is 1. The molecule has 4 aromatic rings. The number of thiophene rings is 1. The second-order valence-corrected chi connectivity index (χ2v) is 8.23. The average molecular weight is 452 g/mol. The Hall–Kier alpha value is -3.49. The molecule has 0 spiro atoms. The van der Waals surface area contributed by atoms with Gasteiger partial charge in [0, 0.05) is 36.7 Å². The number of carbonyl (C=O) groups excluding carboxylic acids is 2. The molecule has 2 amide bonds. The number of halogens is 1. The van der Waals surface area contributed by atoms with Gasteiger partial charge < -0.3 is 16.0 Å². The van der Waals surface area contributed by atoms with E-state index in [-0.39, 0.29) is 11.8 Å². The Labute approximate surface area is 187 Å². The zero-order chi connectivity index (χ0) is 22.0. The van der Waals surface area contributed by atoms with Crippen molar-refractivity contribution in [2.75, 3.05) is 17.7 Å². The molecule has 31 heavy (non-hydrogen) atoms. The van der Waals surface area contributed by atoms with E-state index in [0.29, 0.717) is 27.0 Å². The first kappa shape index (κ1) is 20.8. The van der Waals surface area contributed by atoms with Gasteiger partial charge in [-0.25, -0.2) is 4.98 Å². The molecule has 0 aliphatic carbocycles. The minimum absolute atomic E-state index is 0.301. The van der Waals surface area contributed by atoms with Crippen molar-refractivity contribution in [1.82, 2.24) is 15.3 Å². The van der Waals surface area contributed by atoms with Gasteiger partial charge in [-0.2, -0.15) is 0 Å². The van der Waals surface area contributed by atoms with Gasteiger partial charge in [0.05, 0.1) is 25.9 Å². The molecule has 0 saturated heterocycles. The molecule has 0 unspecified atom stereocenters. The molecule has 0 aliphatic heterocycles. The SMILES string of the molecule is CNC(=O)c1cnc(Nc2ccccc2C)c(NC(=O)c2cc3c(Cl)cncc3s2)c1. The van der Waals surface area contributed by atoms with Crippen LogP contribution in [0.3, 0.4) is 0 Å². The van der Waals surface area contributed by atoms with Crippen LogP contribution in [0.15, 0.2) is 55.0 Å². The number of hydrogen-bond acceptors (Lipinski definition) is 6. The minimum Gasteiger partial charge on any atom is -0.355 e. The Morgan fingerprint density at radius 2 is 1.84 bits per heavy atom. The van der Waals surface area contributed by atoms with E-state index >= 15 is 0 Å². The van der Waals surface area contributed by atoms with Gasteiger partial charge in [0.2, 0.25) is 0 Å². The Kier molecular flexibility index (Phi) is 5.83. The molecule has 3 heterocycles. The van der Waals surface area contributed by atoms with Crippen molar-refractivity contribution in [2.45, 2.75) is 6.92 Å². The third-order valence-corrected chi connectivity index (χ3v) is 6.01. The van der Waals surface area contributed by atoms with Gasteiger partial charge in [0.25, 0.3) is 11.8 Å². The lowest BCUT2D eigenvalue weighted by atomic mass is 10.2. The Morgan fingerprint density at radius 1 is 1.03 bits per heavy atom. The van der Waals surface area contributed by atoms with Gasteiger partial charge in [-0.15, -0.1) is 11.3 Å². The van der Waals surface area contributed by atoms with Crippen LogP contribution in [0.2, 0.25) is 5.02 Å². The number of aromatic nitrogens is 2. The first-order chi connectivity index (χ1) is 15.0. The summed E-state index contributed by atoms with van der Waals surface area (Å²) in [6, 6.07) is 11.0. The van der Waals surface area contributed by atoms with Crippen LogP contribution in [0.4, 0.5) is 17.2 Å². The lowest BCUT2D eigenvalue weighted by Crippen LogP contribution is -2.19. The van der Waals surface area contributed by atoms with Crippen molar-refractivity contribution in [3.05, 3.63) is 76.0 Å². The molecule has 9 heteroatoms. The number of amides is 2. The summed E-state index contributed by atoms with van der Waals surface area (Å²) in [4.78, 5) is 34.0. The highest BCUT2D eigenvalue weighted by molar-refractivity contribution is 7.21. The van der Waals surface area contributed by atoms with Gasteiger partial charge in [0.1, 0.15) is 0 Å². The number of rotatable bonds is 5. The smallest absolute Gasteiger partial charge is 0.265 e. The summed E-state index contributed by atoms with van der Waals surface area (Å²) in [6.45, 7) is 1.97. The number of anilines is 3. The summed E-state index contributed by atoms with van der Waals surface area (Å²) in [7, 11) is 1.54. The molecule has 3 aromatic heterocycles. The zero-order valence-corrected chi connectivity index (χ0v) is 18.3. The third kappa shape index (κ3) is 4.35. The van der Waals surface area contributed by atoms with E-state index in [9.17, 15) is 9.59 Å². The summed E-state index contributed by atoms with van der Waals surface area (Å²) >= 11 is 7.47. The summed E-state index contributed by atoms with van der Waals surface area (Å²) < 4.78 is 0.813. The highest BCUT2D eigenvalue weighted by Gasteiger charge is 2.17. The maximum Gasteiger partial charge on any atom is 0.265 e. The fraction of sp³-hybridized carbons (Fsp3) is 0.0909. The van der Waals surface area contributed by atoms with E-state index in [1.807, 2.05) is 31.2 Å². The highest BCUT2D eigenvalue weighted by atomic mass is 35.5. The Bertz CT molecular complexity index is 1300. The van der Waals surface area contributed by atoms with E-state index in [4.69, 9.17) is 11.6 Å². The van der Waals surface area contributed by atoms with Crippen LogP contribution in [0.5, 0.6) is 0 Å². The van der Waals surface area contributed by atoms with Crippen molar-refractivity contribution in [3.63, 3.8) is 0 Å². The first-order valence-electron chi connectivity index (χ1n) is 9.35. The second-order valence-electron chi connectivity index (χ2n) is 6.74. The number of nitrogens with zero attached hydrogens (tertiary/aromatic N) is 2. The molecule has 0 aliphatic rings. The van der Waals surface area contributed by atoms with Gasteiger partial charge in [-0.05, 0) is 30.7 Å². The predicted octanol–water partition coefficient (Wildman–Crippen LogP) is 5.01. The second kappa shape index (κ2) is 8.71. The number of nitrogens with one attached hydrogen (secondary N) is 3. The van der Waals surface area contributed by atoms with Crippen molar-refractivity contribution in [3.8, 4) is 0 Å². The Morgan fingerprint density at radius 3 is 2.58 bits per heavy atom. The maximum absolute atomic E-state index is 13.0. The van der Waals surface area contributed by atoms with Crippen molar-refractivity contribution in [2.24, 2.45) is 0 Å². The van der Waals surface area contributed by atoms with Crippen molar-refractivity contribution < 1.29 is 9.59 Å². The lowest BCUT2D eigenvalue weighted by Gasteiger charge is -2.14. The normalized spacial score (nSPS) is 10.7. The number of hydrogen-bond donors (Lipinski definition) is 3. The maximum atomic E-state index is 13.0.